The van der Waals surface area contributed by atoms with Crippen LogP contribution < -0.4 is 10.2 Å². The normalized spacial score (nSPS) is 13.8. The summed E-state index contributed by atoms with van der Waals surface area (Å²) in [6.45, 7) is 8.05. The van der Waals surface area contributed by atoms with Gasteiger partial charge < -0.3 is 15.1 Å². The van der Waals surface area contributed by atoms with Gasteiger partial charge in [0.25, 0.3) is 0 Å². The van der Waals surface area contributed by atoms with Gasteiger partial charge >= 0.3 is 6.03 Å². The van der Waals surface area contributed by atoms with Crippen LogP contribution in [0.1, 0.15) is 28.2 Å². The molecule has 172 valence electrons. The fraction of sp³-hybridized carbons (Fsp3) is 0.320. The first kappa shape index (κ1) is 22.6. The molecule has 2 amide bonds. The lowest BCUT2D eigenvalue weighted by atomic mass is 10.0. The van der Waals surface area contributed by atoms with Crippen LogP contribution in [0.2, 0.25) is 0 Å². The average Bonchev–Trinajstić information content (AvgIpc) is 2.79. The van der Waals surface area contributed by atoms with Crippen molar-refractivity contribution in [1.82, 2.24) is 14.9 Å². The number of rotatable bonds is 4. The van der Waals surface area contributed by atoms with Gasteiger partial charge in [-0.15, -0.1) is 0 Å². The Morgan fingerprint density at radius 1 is 0.970 bits per heavy atom. The van der Waals surface area contributed by atoms with Crippen LogP contribution in [-0.4, -0.2) is 47.1 Å². The number of carbonyl (C=O) groups is 1. The molecule has 1 fully saturated rings. The van der Waals surface area contributed by atoms with Gasteiger partial charge in [0.2, 0.25) is 0 Å². The summed E-state index contributed by atoms with van der Waals surface area (Å²) in [5.74, 6) is 0.123. The third kappa shape index (κ3) is 5.27. The number of piperazine rings is 1. The first-order valence-corrected chi connectivity index (χ1v) is 11.0. The molecular weight excluding hydrogens is 424 g/mol. The van der Waals surface area contributed by atoms with Crippen molar-refractivity contribution in [2.24, 2.45) is 0 Å². The van der Waals surface area contributed by atoms with E-state index in [4.69, 9.17) is 4.98 Å². The lowest BCUT2D eigenvalue weighted by molar-refractivity contribution is 0.208. The molecule has 6 nitrogen and oxygen atoms in total. The van der Waals surface area contributed by atoms with E-state index >= 15 is 0 Å². The van der Waals surface area contributed by atoms with Crippen LogP contribution >= 0.6 is 0 Å². The highest BCUT2D eigenvalue weighted by Crippen LogP contribution is 2.25. The Morgan fingerprint density at radius 2 is 1.67 bits per heavy atom. The number of halogens is 2. The monoisotopic (exact) mass is 451 g/mol. The third-order valence-corrected chi connectivity index (χ3v) is 5.84. The standard InChI is InChI=1S/C25H27F2N5O/c1-16-4-6-19(7-5-16)14-21-17(2)28-18(3)29-24(21)31-10-12-32(13-11-31)25(33)30-23-9-8-20(26)15-22(23)27/h4-9,15H,10-14H2,1-3H3,(H,30,33). The number of hydrogen-bond acceptors (Lipinski definition) is 4. The molecule has 33 heavy (non-hydrogen) atoms. The maximum Gasteiger partial charge on any atom is 0.322 e. The van der Waals surface area contributed by atoms with Crippen LogP contribution in [0.5, 0.6) is 0 Å². The van der Waals surface area contributed by atoms with Crippen LogP contribution in [-0.2, 0) is 6.42 Å². The molecule has 1 aliphatic rings. The van der Waals surface area contributed by atoms with Crippen molar-refractivity contribution in [2.75, 3.05) is 36.4 Å². The van der Waals surface area contributed by atoms with E-state index in [-0.39, 0.29) is 5.69 Å². The molecule has 4 rings (SSSR count). The van der Waals surface area contributed by atoms with Crippen molar-refractivity contribution in [1.29, 1.82) is 0 Å². The zero-order chi connectivity index (χ0) is 23.5. The zero-order valence-corrected chi connectivity index (χ0v) is 19.0. The van der Waals surface area contributed by atoms with Crippen LogP contribution in [0, 0.1) is 32.4 Å². The smallest absolute Gasteiger partial charge is 0.322 e. The number of hydrogen-bond donors (Lipinski definition) is 1. The Hall–Kier alpha value is -3.55. The molecule has 0 atom stereocenters. The molecule has 0 spiro atoms. The fourth-order valence-corrected chi connectivity index (χ4v) is 4.00. The van der Waals surface area contributed by atoms with Crippen molar-refractivity contribution < 1.29 is 13.6 Å². The Bertz CT molecular complexity index is 1160. The molecule has 2 heterocycles. The predicted octanol–water partition coefficient (Wildman–Crippen LogP) is 4.62. The molecule has 0 saturated carbocycles. The second kappa shape index (κ2) is 9.52. The summed E-state index contributed by atoms with van der Waals surface area (Å²) in [5, 5.41) is 2.53. The van der Waals surface area contributed by atoms with Gasteiger partial charge in [0.05, 0.1) is 5.69 Å². The van der Waals surface area contributed by atoms with Gasteiger partial charge in [-0.2, -0.15) is 0 Å². The van der Waals surface area contributed by atoms with E-state index in [2.05, 4.69) is 46.4 Å². The predicted molar refractivity (Wildman–Crippen MR) is 125 cm³/mol. The van der Waals surface area contributed by atoms with E-state index in [0.29, 0.717) is 32.0 Å². The number of urea groups is 1. The second-order valence-electron chi connectivity index (χ2n) is 8.35. The molecule has 1 aliphatic heterocycles. The lowest BCUT2D eigenvalue weighted by Crippen LogP contribution is -2.50. The fourth-order valence-electron chi connectivity index (χ4n) is 4.00. The van der Waals surface area contributed by atoms with E-state index in [1.165, 1.54) is 17.2 Å². The topological polar surface area (TPSA) is 61.4 Å². The van der Waals surface area contributed by atoms with Crippen LogP contribution in [0.15, 0.2) is 42.5 Å². The van der Waals surface area contributed by atoms with Crippen LogP contribution in [0.4, 0.5) is 25.1 Å². The van der Waals surface area contributed by atoms with Gasteiger partial charge in [-0.05, 0) is 38.5 Å². The summed E-state index contributed by atoms with van der Waals surface area (Å²) in [4.78, 5) is 25.7. The molecule has 3 aromatic rings. The Morgan fingerprint density at radius 3 is 2.33 bits per heavy atom. The molecule has 8 heteroatoms. The number of nitrogens with zero attached hydrogens (tertiary/aromatic N) is 4. The Labute approximate surface area is 192 Å². The molecule has 0 radical (unpaired) electrons. The number of aryl methyl sites for hydroxylation is 3. The Kier molecular flexibility index (Phi) is 6.53. The van der Waals surface area contributed by atoms with E-state index in [0.717, 1.165) is 35.6 Å². The molecule has 1 saturated heterocycles. The summed E-state index contributed by atoms with van der Waals surface area (Å²) < 4.78 is 27.0. The summed E-state index contributed by atoms with van der Waals surface area (Å²) in [5.41, 5.74) is 4.40. The minimum absolute atomic E-state index is 0.0359. The van der Waals surface area contributed by atoms with Crippen molar-refractivity contribution in [3.63, 3.8) is 0 Å². The number of aromatic nitrogens is 2. The highest BCUT2D eigenvalue weighted by atomic mass is 19.1. The minimum Gasteiger partial charge on any atom is -0.353 e. The van der Waals surface area contributed by atoms with Gasteiger partial charge in [0.1, 0.15) is 23.3 Å². The number of amides is 2. The molecule has 2 aromatic carbocycles. The van der Waals surface area contributed by atoms with Crippen molar-refractivity contribution in [2.45, 2.75) is 27.2 Å². The van der Waals surface area contributed by atoms with Gasteiger partial charge in [0, 0.05) is 49.9 Å². The molecule has 0 unspecified atom stereocenters. The SMILES string of the molecule is Cc1ccc(Cc2c(C)nc(C)nc2N2CCN(C(=O)Nc3ccc(F)cc3F)CC2)cc1. The zero-order valence-electron chi connectivity index (χ0n) is 19.0. The van der Waals surface area contributed by atoms with E-state index in [1.807, 2.05) is 13.8 Å². The average molecular weight is 452 g/mol. The lowest BCUT2D eigenvalue weighted by Gasteiger charge is -2.36. The van der Waals surface area contributed by atoms with Gasteiger partial charge in [-0.1, -0.05) is 29.8 Å². The largest absolute Gasteiger partial charge is 0.353 e. The van der Waals surface area contributed by atoms with Gasteiger partial charge in [0.15, 0.2) is 0 Å². The molecule has 0 bridgehead atoms. The molecule has 0 aliphatic carbocycles. The molecule has 1 N–H and O–H groups in total. The van der Waals surface area contributed by atoms with Crippen LogP contribution in [0.3, 0.4) is 0 Å². The number of nitrogens with one attached hydrogen (secondary N) is 1. The van der Waals surface area contributed by atoms with Crippen molar-refractivity contribution >= 4 is 17.5 Å². The second-order valence-corrected chi connectivity index (χ2v) is 8.35. The van der Waals surface area contributed by atoms with Gasteiger partial charge in [-0.3, -0.25) is 0 Å². The highest BCUT2D eigenvalue weighted by Gasteiger charge is 2.25. The third-order valence-electron chi connectivity index (χ3n) is 5.84. The maximum absolute atomic E-state index is 13.9. The van der Waals surface area contributed by atoms with E-state index in [1.54, 1.807) is 4.90 Å². The summed E-state index contributed by atoms with van der Waals surface area (Å²) in [6, 6.07) is 11.1. The van der Waals surface area contributed by atoms with Crippen LogP contribution in [0.25, 0.3) is 0 Å². The van der Waals surface area contributed by atoms with Crippen molar-refractivity contribution in [3.05, 3.63) is 82.3 Å². The van der Waals surface area contributed by atoms with E-state index < -0.39 is 17.7 Å². The minimum atomic E-state index is -0.797. The molecular formula is C25H27F2N5O. The summed E-state index contributed by atoms with van der Waals surface area (Å²) in [7, 11) is 0. The highest BCUT2D eigenvalue weighted by molar-refractivity contribution is 5.89. The number of benzene rings is 2. The molecule has 1 aromatic heterocycles. The Balaban J connectivity index is 1.46. The maximum atomic E-state index is 13.9. The van der Waals surface area contributed by atoms with Crippen molar-refractivity contribution in [3.8, 4) is 0 Å². The van der Waals surface area contributed by atoms with E-state index in [9.17, 15) is 13.6 Å². The summed E-state index contributed by atoms with van der Waals surface area (Å²) >= 11 is 0. The van der Waals surface area contributed by atoms with Gasteiger partial charge in [-0.25, -0.2) is 23.5 Å². The number of anilines is 2. The summed E-state index contributed by atoms with van der Waals surface area (Å²) in [6.07, 6.45) is 0.728. The quantitative estimate of drug-likeness (QED) is 0.629. The number of carbonyl (C=O) groups excluding carboxylic acids is 1. The first-order chi connectivity index (χ1) is 15.8. The first-order valence-electron chi connectivity index (χ1n) is 11.0.